The number of nitrogens with one attached hydrogen (secondary N) is 1. The fraction of sp³-hybridized carbons (Fsp3) is 0.400. The minimum atomic E-state index is -0.219. The van der Waals surface area contributed by atoms with Crippen LogP contribution < -0.4 is 5.32 Å². The Morgan fingerprint density at radius 2 is 2.12 bits per heavy atom. The molecule has 2 heterocycles. The van der Waals surface area contributed by atoms with Gasteiger partial charge in [-0.05, 0) is 50.1 Å². The maximum atomic E-state index is 13.0. The number of aryl methyl sites for hydroxylation is 1. The summed E-state index contributed by atoms with van der Waals surface area (Å²) < 4.78 is 18.4. The number of piperidine rings is 1. The van der Waals surface area contributed by atoms with E-state index in [1.54, 1.807) is 23.9 Å². The predicted molar refractivity (Wildman–Crippen MR) is 128 cm³/mol. The number of amides is 1. The van der Waals surface area contributed by atoms with Gasteiger partial charge in [0.25, 0.3) is 0 Å². The molecule has 1 fully saturated rings. The van der Waals surface area contributed by atoms with Crippen LogP contribution in [0.2, 0.25) is 0 Å². The van der Waals surface area contributed by atoms with Crippen molar-refractivity contribution < 1.29 is 13.7 Å². The number of halogens is 1. The molecule has 0 bridgehead atoms. The smallest absolute Gasteiger partial charge is 0.241 e. The summed E-state index contributed by atoms with van der Waals surface area (Å²) in [4.78, 5) is 19.4. The minimum Gasteiger partial charge on any atom is -0.355 e. The first kappa shape index (κ1) is 23.4. The SMILES string of the molecule is Cc1cccc(-c2noc(CN3CCCC(C(=O)NCCSCc4ccc(F)cc4)C3)n2)c1. The number of carbonyl (C=O) groups is 1. The first-order valence-electron chi connectivity index (χ1n) is 11.3. The average Bonchev–Trinajstić information content (AvgIpc) is 3.28. The van der Waals surface area contributed by atoms with Crippen LogP contribution in [0.4, 0.5) is 4.39 Å². The predicted octanol–water partition coefficient (Wildman–Crippen LogP) is 4.45. The number of rotatable bonds is 9. The molecule has 1 N–H and O–H groups in total. The molecule has 4 rings (SSSR count). The summed E-state index contributed by atoms with van der Waals surface area (Å²) in [6.07, 6.45) is 1.86. The Kier molecular flexibility index (Phi) is 8.12. The number of likely N-dealkylation sites (tertiary alicyclic amines) is 1. The maximum absolute atomic E-state index is 13.0. The quantitative estimate of drug-likeness (QED) is 0.468. The van der Waals surface area contributed by atoms with Gasteiger partial charge in [-0.2, -0.15) is 16.7 Å². The van der Waals surface area contributed by atoms with E-state index in [-0.39, 0.29) is 17.6 Å². The highest BCUT2D eigenvalue weighted by molar-refractivity contribution is 7.98. The van der Waals surface area contributed by atoms with Crippen molar-refractivity contribution in [2.24, 2.45) is 5.92 Å². The summed E-state index contributed by atoms with van der Waals surface area (Å²) in [5.74, 6) is 2.66. The van der Waals surface area contributed by atoms with Gasteiger partial charge in [0.05, 0.1) is 12.5 Å². The van der Waals surface area contributed by atoms with E-state index in [1.807, 2.05) is 31.2 Å². The molecule has 1 aromatic heterocycles. The Hall–Kier alpha value is -2.71. The molecule has 33 heavy (non-hydrogen) atoms. The Morgan fingerprint density at radius 1 is 1.27 bits per heavy atom. The lowest BCUT2D eigenvalue weighted by atomic mass is 9.97. The summed E-state index contributed by atoms with van der Waals surface area (Å²) in [6.45, 7) is 4.82. The molecule has 8 heteroatoms. The Morgan fingerprint density at radius 3 is 2.94 bits per heavy atom. The molecule has 2 aromatic carbocycles. The summed E-state index contributed by atoms with van der Waals surface area (Å²) >= 11 is 1.73. The zero-order valence-electron chi connectivity index (χ0n) is 18.8. The highest BCUT2D eigenvalue weighted by atomic mass is 32.2. The molecule has 0 aliphatic carbocycles. The number of benzene rings is 2. The lowest BCUT2D eigenvalue weighted by Crippen LogP contribution is -2.43. The summed E-state index contributed by atoms with van der Waals surface area (Å²) in [5, 5.41) is 7.18. The molecule has 0 spiro atoms. The van der Waals surface area contributed by atoms with E-state index < -0.39 is 0 Å². The van der Waals surface area contributed by atoms with Crippen LogP contribution in [-0.2, 0) is 17.1 Å². The highest BCUT2D eigenvalue weighted by Gasteiger charge is 2.26. The van der Waals surface area contributed by atoms with Gasteiger partial charge in [0.15, 0.2) is 0 Å². The molecule has 174 valence electrons. The van der Waals surface area contributed by atoms with Crippen LogP contribution in [0.5, 0.6) is 0 Å². The first-order chi connectivity index (χ1) is 16.1. The van der Waals surface area contributed by atoms with Crippen LogP contribution in [0, 0.1) is 18.7 Å². The second-order valence-electron chi connectivity index (χ2n) is 8.43. The van der Waals surface area contributed by atoms with E-state index in [0.29, 0.717) is 31.3 Å². The maximum Gasteiger partial charge on any atom is 0.241 e. The van der Waals surface area contributed by atoms with E-state index in [0.717, 1.165) is 47.6 Å². The lowest BCUT2D eigenvalue weighted by Gasteiger charge is -2.30. The molecule has 0 radical (unpaired) electrons. The van der Waals surface area contributed by atoms with Crippen molar-refractivity contribution in [3.63, 3.8) is 0 Å². The summed E-state index contributed by atoms with van der Waals surface area (Å²) in [6, 6.07) is 14.6. The third-order valence-electron chi connectivity index (χ3n) is 5.71. The molecule has 1 aliphatic rings. The fourth-order valence-electron chi connectivity index (χ4n) is 3.99. The van der Waals surface area contributed by atoms with E-state index in [2.05, 4.69) is 20.4 Å². The van der Waals surface area contributed by atoms with Crippen LogP contribution in [0.25, 0.3) is 11.4 Å². The molecule has 1 atom stereocenters. The van der Waals surface area contributed by atoms with Crippen molar-refractivity contribution in [1.29, 1.82) is 0 Å². The van der Waals surface area contributed by atoms with Crippen LogP contribution in [0.15, 0.2) is 53.1 Å². The molecular formula is C25H29FN4O2S. The standard InChI is InChI=1S/C25H29FN4O2S/c1-18-4-2-5-20(14-18)24-28-23(32-29-24)16-30-12-3-6-21(15-30)25(31)27-11-13-33-17-19-7-9-22(26)10-8-19/h2,4-5,7-10,14,21H,3,6,11-13,15-17H2,1H3,(H,27,31). The second-order valence-corrected chi connectivity index (χ2v) is 9.53. The highest BCUT2D eigenvalue weighted by Crippen LogP contribution is 2.21. The number of nitrogens with zero attached hydrogens (tertiary/aromatic N) is 3. The van der Waals surface area contributed by atoms with Gasteiger partial charge in [-0.1, -0.05) is 41.1 Å². The molecule has 1 saturated heterocycles. The van der Waals surface area contributed by atoms with Crippen LogP contribution in [-0.4, -0.2) is 46.3 Å². The van der Waals surface area contributed by atoms with E-state index in [4.69, 9.17) is 4.52 Å². The molecular weight excluding hydrogens is 439 g/mol. The molecule has 6 nitrogen and oxygen atoms in total. The number of aromatic nitrogens is 2. The fourth-order valence-corrected chi connectivity index (χ4v) is 4.81. The largest absolute Gasteiger partial charge is 0.355 e. The zero-order valence-corrected chi connectivity index (χ0v) is 19.6. The van der Waals surface area contributed by atoms with Crippen molar-refractivity contribution in [1.82, 2.24) is 20.4 Å². The van der Waals surface area contributed by atoms with Gasteiger partial charge in [-0.15, -0.1) is 0 Å². The first-order valence-corrected chi connectivity index (χ1v) is 12.4. The monoisotopic (exact) mass is 468 g/mol. The van der Waals surface area contributed by atoms with E-state index in [9.17, 15) is 9.18 Å². The average molecular weight is 469 g/mol. The van der Waals surface area contributed by atoms with Gasteiger partial charge < -0.3 is 9.84 Å². The van der Waals surface area contributed by atoms with E-state index >= 15 is 0 Å². The van der Waals surface area contributed by atoms with Crippen molar-refractivity contribution >= 4 is 17.7 Å². The van der Waals surface area contributed by atoms with Crippen molar-refractivity contribution in [2.75, 3.05) is 25.4 Å². The topological polar surface area (TPSA) is 71.3 Å². The minimum absolute atomic E-state index is 0.0278. The molecule has 1 amide bonds. The lowest BCUT2D eigenvalue weighted by molar-refractivity contribution is -0.126. The van der Waals surface area contributed by atoms with Crippen LogP contribution in [0.1, 0.15) is 29.9 Å². The van der Waals surface area contributed by atoms with Crippen molar-refractivity contribution in [3.05, 3.63) is 71.4 Å². The van der Waals surface area contributed by atoms with Gasteiger partial charge in [-0.3, -0.25) is 9.69 Å². The third-order valence-corrected chi connectivity index (χ3v) is 6.74. The second kappa shape index (κ2) is 11.4. The number of carbonyl (C=O) groups excluding carboxylic acids is 1. The molecule has 3 aromatic rings. The van der Waals surface area contributed by atoms with Crippen LogP contribution >= 0.6 is 11.8 Å². The van der Waals surface area contributed by atoms with E-state index in [1.165, 1.54) is 12.1 Å². The van der Waals surface area contributed by atoms with Gasteiger partial charge in [0, 0.05) is 30.2 Å². The number of thioether (sulfide) groups is 1. The Bertz CT molecular complexity index is 1060. The normalized spacial score (nSPS) is 16.6. The molecule has 1 unspecified atom stereocenters. The van der Waals surface area contributed by atoms with Crippen molar-refractivity contribution in [3.8, 4) is 11.4 Å². The van der Waals surface area contributed by atoms with Crippen molar-refractivity contribution in [2.45, 2.75) is 32.1 Å². The Balaban J connectivity index is 1.19. The summed E-state index contributed by atoms with van der Waals surface area (Å²) in [5.41, 5.74) is 3.18. The van der Waals surface area contributed by atoms with Gasteiger partial charge in [0.1, 0.15) is 5.82 Å². The number of hydrogen-bond acceptors (Lipinski definition) is 6. The number of hydrogen-bond donors (Lipinski definition) is 1. The van der Waals surface area contributed by atoms with Gasteiger partial charge in [0.2, 0.25) is 17.6 Å². The molecule has 0 saturated carbocycles. The van der Waals surface area contributed by atoms with Gasteiger partial charge >= 0.3 is 0 Å². The van der Waals surface area contributed by atoms with Crippen LogP contribution in [0.3, 0.4) is 0 Å². The molecule has 1 aliphatic heterocycles. The summed E-state index contributed by atoms with van der Waals surface area (Å²) in [7, 11) is 0. The van der Waals surface area contributed by atoms with Gasteiger partial charge in [-0.25, -0.2) is 4.39 Å². The Labute approximate surface area is 197 Å². The zero-order chi connectivity index (χ0) is 23.0. The third kappa shape index (κ3) is 6.88.